The van der Waals surface area contributed by atoms with Crippen LogP contribution in [0.3, 0.4) is 0 Å². The largest absolute Gasteiger partial charge is 0.387 e. The SMILES string of the molecule is CC(C)C(SC1=NOC(C)(CCl)C1)c1ccccc1. The lowest BCUT2D eigenvalue weighted by atomic mass is 10.0. The summed E-state index contributed by atoms with van der Waals surface area (Å²) >= 11 is 7.72. The maximum Gasteiger partial charge on any atom is 0.154 e. The third-order valence-corrected chi connectivity index (χ3v) is 5.30. The first-order chi connectivity index (χ1) is 9.04. The molecule has 0 radical (unpaired) electrons. The Balaban J connectivity index is 2.08. The number of thioether (sulfide) groups is 1. The predicted octanol–water partition coefficient (Wildman–Crippen LogP) is 4.85. The van der Waals surface area contributed by atoms with E-state index in [9.17, 15) is 0 Å². The molecule has 1 aliphatic heterocycles. The molecule has 19 heavy (non-hydrogen) atoms. The van der Waals surface area contributed by atoms with Crippen molar-refractivity contribution in [3.05, 3.63) is 35.9 Å². The zero-order valence-corrected chi connectivity index (χ0v) is 13.2. The van der Waals surface area contributed by atoms with Crippen molar-refractivity contribution in [2.45, 2.75) is 38.0 Å². The van der Waals surface area contributed by atoms with Crippen molar-refractivity contribution in [2.75, 3.05) is 5.88 Å². The number of benzene rings is 1. The van der Waals surface area contributed by atoms with Crippen LogP contribution in [0.2, 0.25) is 0 Å². The van der Waals surface area contributed by atoms with Crippen LogP contribution in [0.25, 0.3) is 0 Å². The molecule has 0 saturated heterocycles. The molecular weight excluding hydrogens is 278 g/mol. The number of rotatable bonds is 4. The lowest BCUT2D eigenvalue weighted by Gasteiger charge is -2.21. The molecule has 0 aromatic heterocycles. The Hall–Kier alpha value is -0.670. The summed E-state index contributed by atoms with van der Waals surface area (Å²) in [5.74, 6) is 1.01. The fourth-order valence-corrected chi connectivity index (χ4v) is 3.53. The molecule has 1 aromatic carbocycles. The van der Waals surface area contributed by atoms with E-state index in [4.69, 9.17) is 16.4 Å². The zero-order chi connectivity index (χ0) is 13.9. The van der Waals surface area contributed by atoms with Crippen LogP contribution in [0.5, 0.6) is 0 Å². The standard InChI is InChI=1S/C15H20ClNOS/c1-11(2)14(12-7-5-4-6-8-12)19-13-9-15(3,10-16)18-17-13/h4-8,11,14H,9-10H2,1-3H3. The third-order valence-electron chi connectivity index (χ3n) is 3.17. The highest BCUT2D eigenvalue weighted by molar-refractivity contribution is 8.14. The summed E-state index contributed by atoms with van der Waals surface area (Å²) in [6.45, 7) is 6.48. The summed E-state index contributed by atoms with van der Waals surface area (Å²) in [7, 11) is 0. The van der Waals surface area contributed by atoms with Crippen molar-refractivity contribution >= 4 is 28.4 Å². The number of alkyl halides is 1. The van der Waals surface area contributed by atoms with Gasteiger partial charge in [0, 0.05) is 11.7 Å². The molecule has 2 atom stereocenters. The summed E-state index contributed by atoms with van der Waals surface area (Å²) in [6, 6.07) is 10.6. The average Bonchev–Trinajstić information content (AvgIpc) is 2.79. The number of halogens is 1. The fraction of sp³-hybridized carbons (Fsp3) is 0.533. The van der Waals surface area contributed by atoms with Crippen LogP contribution in [-0.2, 0) is 4.84 Å². The maximum absolute atomic E-state index is 5.92. The van der Waals surface area contributed by atoms with E-state index in [-0.39, 0.29) is 5.60 Å². The van der Waals surface area contributed by atoms with Gasteiger partial charge in [-0.2, -0.15) is 0 Å². The van der Waals surface area contributed by atoms with Crippen LogP contribution in [0.1, 0.15) is 38.0 Å². The van der Waals surface area contributed by atoms with Gasteiger partial charge in [-0.25, -0.2) is 0 Å². The second-order valence-electron chi connectivity index (χ2n) is 5.53. The number of nitrogens with zero attached hydrogens (tertiary/aromatic N) is 1. The fourth-order valence-electron chi connectivity index (χ4n) is 2.06. The molecule has 104 valence electrons. The van der Waals surface area contributed by atoms with Gasteiger partial charge in [0.1, 0.15) is 5.04 Å². The second kappa shape index (κ2) is 6.19. The van der Waals surface area contributed by atoms with Gasteiger partial charge < -0.3 is 4.84 Å². The smallest absolute Gasteiger partial charge is 0.154 e. The average molecular weight is 298 g/mol. The summed E-state index contributed by atoms with van der Waals surface area (Å²) in [5, 5.41) is 5.65. The van der Waals surface area contributed by atoms with Crippen LogP contribution >= 0.6 is 23.4 Å². The molecule has 0 amide bonds. The van der Waals surface area contributed by atoms with Crippen LogP contribution in [0.15, 0.2) is 35.5 Å². The van der Waals surface area contributed by atoms with Crippen molar-refractivity contribution < 1.29 is 4.84 Å². The lowest BCUT2D eigenvalue weighted by Crippen LogP contribution is -2.26. The first-order valence-corrected chi connectivity index (χ1v) is 7.98. The van der Waals surface area contributed by atoms with E-state index in [0.717, 1.165) is 11.5 Å². The first kappa shape index (κ1) is 14.7. The Morgan fingerprint density at radius 1 is 1.37 bits per heavy atom. The molecule has 0 fully saturated rings. The highest BCUT2D eigenvalue weighted by Gasteiger charge is 2.35. The van der Waals surface area contributed by atoms with E-state index < -0.39 is 0 Å². The second-order valence-corrected chi connectivity index (χ2v) is 7.01. The zero-order valence-electron chi connectivity index (χ0n) is 11.6. The van der Waals surface area contributed by atoms with E-state index in [0.29, 0.717) is 17.0 Å². The van der Waals surface area contributed by atoms with Gasteiger partial charge in [-0.15, -0.1) is 11.6 Å². The molecule has 0 aliphatic carbocycles. The lowest BCUT2D eigenvalue weighted by molar-refractivity contribution is 0.0152. The van der Waals surface area contributed by atoms with E-state index in [2.05, 4.69) is 43.3 Å². The van der Waals surface area contributed by atoms with E-state index in [1.54, 1.807) is 11.8 Å². The van der Waals surface area contributed by atoms with Gasteiger partial charge >= 0.3 is 0 Å². The van der Waals surface area contributed by atoms with Gasteiger partial charge in [0.25, 0.3) is 0 Å². The molecule has 0 spiro atoms. The number of hydrogen-bond donors (Lipinski definition) is 0. The number of hydrogen-bond acceptors (Lipinski definition) is 3. The summed E-state index contributed by atoms with van der Waals surface area (Å²) in [5.41, 5.74) is 1.01. The number of oxime groups is 1. The van der Waals surface area contributed by atoms with E-state index >= 15 is 0 Å². The monoisotopic (exact) mass is 297 g/mol. The van der Waals surface area contributed by atoms with Crippen LogP contribution in [0, 0.1) is 5.92 Å². The van der Waals surface area contributed by atoms with Crippen LogP contribution in [0.4, 0.5) is 0 Å². The Morgan fingerprint density at radius 3 is 2.58 bits per heavy atom. The minimum atomic E-state index is -0.331. The molecule has 0 bridgehead atoms. The van der Waals surface area contributed by atoms with Gasteiger partial charge in [0.15, 0.2) is 5.60 Å². The Labute approximate surface area is 124 Å². The van der Waals surface area contributed by atoms with Gasteiger partial charge in [-0.1, -0.05) is 61.1 Å². The van der Waals surface area contributed by atoms with Gasteiger partial charge in [0.2, 0.25) is 0 Å². The van der Waals surface area contributed by atoms with Crippen molar-refractivity contribution in [1.82, 2.24) is 0 Å². The summed E-state index contributed by atoms with van der Waals surface area (Å²) in [6.07, 6.45) is 0.803. The molecule has 1 heterocycles. The van der Waals surface area contributed by atoms with E-state index in [1.807, 2.05) is 13.0 Å². The van der Waals surface area contributed by atoms with Crippen molar-refractivity contribution in [1.29, 1.82) is 0 Å². The quantitative estimate of drug-likeness (QED) is 0.741. The minimum absolute atomic E-state index is 0.331. The Kier molecular flexibility index (Phi) is 4.80. The highest BCUT2D eigenvalue weighted by Crippen LogP contribution is 2.40. The van der Waals surface area contributed by atoms with Gasteiger partial charge in [0.05, 0.1) is 5.88 Å². The van der Waals surface area contributed by atoms with Crippen LogP contribution in [-0.4, -0.2) is 16.5 Å². The summed E-state index contributed by atoms with van der Waals surface area (Å²) in [4.78, 5) is 5.45. The van der Waals surface area contributed by atoms with Gasteiger partial charge in [-0.05, 0) is 18.4 Å². The van der Waals surface area contributed by atoms with Crippen molar-refractivity contribution in [2.24, 2.45) is 11.1 Å². The predicted molar refractivity (Wildman–Crippen MR) is 83.9 cm³/mol. The normalized spacial score (nSPS) is 24.2. The van der Waals surface area contributed by atoms with Crippen molar-refractivity contribution in [3.63, 3.8) is 0 Å². The molecule has 4 heteroatoms. The van der Waals surface area contributed by atoms with Crippen LogP contribution < -0.4 is 0 Å². The minimum Gasteiger partial charge on any atom is -0.387 e. The first-order valence-electron chi connectivity index (χ1n) is 6.57. The summed E-state index contributed by atoms with van der Waals surface area (Å²) < 4.78 is 0. The molecule has 2 rings (SSSR count). The van der Waals surface area contributed by atoms with E-state index in [1.165, 1.54) is 5.56 Å². The molecule has 2 unspecified atom stereocenters. The molecule has 1 aliphatic rings. The molecule has 1 aromatic rings. The molecule has 0 N–H and O–H groups in total. The Bertz CT molecular complexity index is 449. The molecular formula is C15H20ClNOS. The molecule has 0 saturated carbocycles. The Morgan fingerprint density at radius 2 is 2.05 bits per heavy atom. The van der Waals surface area contributed by atoms with Gasteiger partial charge in [-0.3, -0.25) is 0 Å². The third kappa shape index (κ3) is 3.67. The maximum atomic E-state index is 5.92. The highest BCUT2D eigenvalue weighted by atomic mass is 35.5. The topological polar surface area (TPSA) is 21.6 Å². The molecule has 2 nitrogen and oxygen atoms in total. The van der Waals surface area contributed by atoms with Crippen molar-refractivity contribution in [3.8, 4) is 0 Å².